The molecule has 7 nitrogen and oxygen atoms in total. The predicted octanol–water partition coefficient (Wildman–Crippen LogP) is 1.79. The maximum Gasteiger partial charge on any atom is 0.224 e. The van der Waals surface area contributed by atoms with Crippen molar-refractivity contribution in [3.8, 4) is 0 Å². The molecule has 0 radical (unpaired) electrons. The summed E-state index contributed by atoms with van der Waals surface area (Å²) in [5.74, 6) is 1.86. The van der Waals surface area contributed by atoms with Crippen LogP contribution in [0.3, 0.4) is 0 Å². The van der Waals surface area contributed by atoms with Gasteiger partial charge in [0, 0.05) is 58.9 Å². The van der Waals surface area contributed by atoms with Crippen LogP contribution in [-0.4, -0.2) is 61.5 Å². The van der Waals surface area contributed by atoms with Crippen molar-refractivity contribution >= 4 is 17.7 Å². The number of nitrogens with one attached hydrogen (secondary N) is 2. The Kier molecular flexibility index (Phi) is 7.44. The molecular formula is C22H30N6O. The molecule has 154 valence electrons. The van der Waals surface area contributed by atoms with Crippen molar-refractivity contribution in [3.05, 3.63) is 59.8 Å². The van der Waals surface area contributed by atoms with Crippen molar-refractivity contribution in [2.24, 2.45) is 4.99 Å². The van der Waals surface area contributed by atoms with E-state index in [4.69, 9.17) is 0 Å². The number of rotatable bonds is 6. The van der Waals surface area contributed by atoms with Gasteiger partial charge >= 0.3 is 0 Å². The summed E-state index contributed by atoms with van der Waals surface area (Å²) in [6.07, 6.45) is 2.26. The van der Waals surface area contributed by atoms with Gasteiger partial charge in [-0.2, -0.15) is 0 Å². The lowest BCUT2D eigenvalue weighted by atomic mass is 10.1. The predicted molar refractivity (Wildman–Crippen MR) is 117 cm³/mol. The van der Waals surface area contributed by atoms with Gasteiger partial charge in [-0.25, -0.2) is 4.98 Å². The summed E-state index contributed by atoms with van der Waals surface area (Å²) in [5, 5.41) is 6.52. The number of anilines is 1. The molecule has 0 saturated carbocycles. The number of aromatic nitrogens is 1. The second-order valence-electron chi connectivity index (χ2n) is 7.15. The first-order chi connectivity index (χ1) is 14.2. The molecule has 0 atom stereocenters. The molecule has 7 heteroatoms. The molecule has 2 N–H and O–H groups in total. The third-order valence-electron chi connectivity index (χ3n) is 5.00. The van der Waals surface area contributed by atoms with Gasteiger partial charge in [0.1, 0.15) is 5.82 Å². The van der Waals surface area contributed by atoms with E-state index in [1.807, 2.05) is 23.1 Å². The van der Waals surface area contributed by atoms with E-state index in [0.29, 0.717) is 25.5 Å². The van der Waals surface area contributed by atoms with E-state index < -0.39 is 0 Å². The zero-order chi connectivity index (χ0) is 20.5. The highest BCUT2D eigenvalue weighted by Gasteiger charge is 2.21. The third kappa shape index (κ3) is 6.20. The number of aliphatic imine (C=N–C) groups is 1. The molecule has 1 fully saturated rings. The molecular weight excluding hydrogens is 364 g/mol. The van der Waals surface area contributed by atoms with Gasteiger partial charge in [-0.05, 0) is 24.6 Å². The van der Waals surface area contributed by atoms with Crippen LogP contribution in [0.2, 0.25) is 0 Å². The van der Waals surface area contributed by atoms with Crippen LogP contribution >= 0.6 is 0 Å². The van der Waals surface area contributed by atoms with Gasteiger partial charge < -0.3 is 20.4 Å². The number of amides is 1. The Labute approximate surface area is 172 Å². The van der Waals surface area contributed by atoms with E-state index in [1.54, 1.807) is 13.2 Å². The van der Waals surface area contributed by atoms with E-state index in [-0.39, 0.29) is 5.91 Å². The first kappa shape index (κ1) is 20.6. The standard InChI is InChI=1S/C22H30N6O/c1-18-6-5-7-19(16-18)17-26-22(23-2)25-11-9-21(29)28-14-12-27(13-15-28)20-8-3-4-10-24-20/h3-8,10,16H,9,11-15,17H2,1-2H3,(H2,23,25,26). The Bertz CT molecular complexity index is 815. The fraction of sp³-hybridized carbons (Fsp3) is 0.409. The molecule has 0 spiro atoms. The Balaban J connectivity index is 1.37. The second kappa shape index (κ2) is 10.5. The van der Waals surface area contributed by atoms with Crippen molar-refractivity contribution in [1.82, 2.24) is 20.5 Å². The average molecular weight is 395 g/mol. The first-order valence-electron chi connectivity index (χ1n) is 10.1. The maximum absolute atomic E-state index is 12.5. The van der Waals surface area contributed by atoms with Crippen molar-refractivity contribution in [1.29, 1.82) is 0 Å². The number of nitrogens with zero attached hydrogens (tertiary/aromatic N) is 4. The van der Waals surface area contributed by atoms with Crippen LogP contribution in [0.15, 0.2) is 53.7 Å². The monoisotopic (exact) mass is 394 g/mol. The summed E-state index contributed by atoms with van der Waals surface area (Å²) >= 11 is 0. The van der Waals surface area contributed by atoms with Crippen molar-refractivity contribution in [2.45, 2.75) is 19.9 Å². The first-order valence-corrected chi connectivity index (χ1v) is 10.1. The molecule has 2 aromatic rings. The van der Waals surface area contributed by atoms with Gasteiger partial charge in [-0.15, -0.1) is 0 Å². The molecule has 1 aliphatic heterocycles. The van der Waals surface area contributed by atoms with E-state index in [2.05, 4.69) is 56.7 Å². The molecule has 29 heavy (non-hydrogen) atoms. The lowest BCUT2D eigenvalue weighted by molar-refractivity contribution is -0.131. The number of hydrogen-bond acceptors (Lipinski definition) is 4. The number of piperazine rings is 1. The largest absolute Gasteiger partial charge is 0.356 e. The highest BCUT2D eigenvalue weighted by Crippen LogP contribution is 2.12. The van der Waals surface area contributed by atoms with E-state index in [9.17, 15) is 4.79 Å². The normalized spacial score (nSPS) is 14.6. The number of benzene rings is 1. The number of aryl methyl sites for hydroxylation is 1. The molecule has 0 unspecified atom stereocenters. The zero-order valence-electron chi connectivity index (χ0n) is 17.3. The van der Waals surface area contributed by atoms with Crippen LogP contribution in [0.25, 0.3) is 0 Å². The highest BCUT2D eigenvalue weighted by atomic mass is 16.2. The van der Waals surface area contributed by atoms with Gasteiger partial charge in [-0.3, -0.25) is 9.79 Å². The maximum atomic E-state index is 12.5. The number of carbonyl (C=O) groups is 1. The Morgan fingerprint density at radius 2 is 1.93 bits per heavy atom. The van der Waals surface area contributed by atoms with E-state index in [1.165, 1.54) is 11.1 Å². The zero-order valence-corrected chi connectivity index (χ0v) is 17.3. The molecule has 3 rings (SSSR count). The number of carbonyl (C=O) groups excluding carboxylic acids is 1. The van der Waals surface area contributed by atoms with Crippen molar-refractivity contribution in [3.63, 3.8) is 0 Å². The molecule has 1 aromatic carbocycles. The Hall–Kier alpha value is -3.09. The smallest absolute Gasteiger partial charge is 0.224 e. The van der Waals surface area contributed by atoms with Crippen LogP contribution in [-0.2, 0) is 11.3 Å². The van der Waals surface area contributed by atoms with Crippen LogP contribution in [0, 0.1) is 6.92 Å². The number of guanidine groups is 1. The highest BCUT2D eigenvalue weighted by molar-refractivity contribution is 5.81. The van der Waals surface area contributed by atoms with E-state index >= 15 is 0 Å². The van der Waals surface area contributed by atoms with Gasteiger partial charge in [0.15, 0.2) is 5.96 Å². The average Bonchev–Trinajstić information content (AvgIpc) is 2.76. The quantitative estimate of drug-likeness (QED) is 0.577. The van der Waals surface area contributed by atoms with Crippen molar-refractivity contribution in [2.75, 3.05) is 44.7 Å². The minimum absolute atomic E-state index is 0.173. The van der Waals surface area contributed by atoms with Gasteiger partial charge in [-0.1, -0.05) is 35.9 Å². The molecule has 1 aromatic heterocycles. The number of pyridine rings is 1. The minimum atomic E-state index is 0.173. The fourth-order valence-electron chi connectivity index (χ4n) is 3.40. The molecule has 1 amide bonds. The molecule has 0 bridgehead atoms. The summed E-state index contributed by atoms with van der Waals surface area (Å²) < 4.78 is 0. The topological polar surface area (TPSA) is 72.9 Å². The molecule has 1 saturated heterocycles. The van der Waals surface area contributed by atoms with Crippen molar-refractivity contribution < 1.29 is 4.79 Å². The minimum Gasteiger partial charge on any atom is -0.356 e. The SMILES string of the molecule is CN=C(NCCC(=O)N1CCN(c2ccccn2)CC1)NCc1cccc(C)c1. The summed E-state index contributed by atoms with van der Waals surface area (Å²) in [6, 6.07) is 14.3. The summed E-state index contributed by atoms with van der Waals surface area (Å²) in [7, 11) is 1.74. The van der Waals surface area contributed by atoms with Gasteiger partial charge in [0.2, 0.25) is 5.91 Å². The van der Waals surface area contributed by atoms with Gasteiger partial charge in [0.05, 0.1) is 0 Å². The van der Waals surface area contributed by atoms with Gasteiger partial charge in [0.25, 0.3) is 0 Å². The second-order valence-corrected chi connectivity index (χ2v) is 7.15. The fourth-order valence-corrected chi connectivity index (χ4v) is 3.40. The lowest BCUT2D eigenvalue weighted by Gasteiger charge is -2.35. The Morgan fingerprint density at radius 1 is 1.10 bits per heavy atom. The third-order valence-corrected chi connectivity index (χ3v) is 5.00. The molecule has 2 heterocycles. The Morgan fingerprint density at radius 3 is 2.62 bits per heavy atom. The summed E-state index contributed by atoms with van der Waals surface area (Å²) in [5.41, 5.74) is 2.44. The van der Waals surface area contributed by atoms with Crippen LogP contribution in [0.5, 0.6) is 0 Å². The van der Waals surface area contributed by atoms with Crippen LogP contribution < -0.4 is 15.5 Å². The lowest BCUT2D eigenvalue weighted by Crippen LogP contribution is -2.49. The summed E-state index contributed by atoms with van der Waals surface area (Å²) in [6.45, 7) is 6.44. The van der Waals surface area contributed by atoms with Crippen LogP contribution in [0.1, 0.15) is 17.5 Å². The van der Waals surface area contributed by atoms with Crippen LogP contribution in [0.4, 0.5) is 5.82 Å². The van der Waals surface area contributed by atoms with E-state index in [0.717, 1.165) is 32.0 Å². The number of hydrogen-bond donors (Lipinski definition) is 2. The summed E-state index contributed by atoms with van der Waals surface area (Å²) in [4.78, 5) is 25.3. The molecule has 1 aliphatic rings. The molecule has 0 aliphatic carbocycles.